The third kappa shape index (κ3) is 3.58. The van der Waals surface area contributed by atoms with Crippen molar-refractivity contribution in [1.82, 2.24) is 15.6 Å². The number of carbonyl (C=O) groups excluding carboxylic acids is 1. The lowest BCUT2D eigenvalue weighted by molar-refractivity contribution is -0.0140. The van der Waals surface area contributed by atoms with E-state index in [0.717, 1.165) is 49.4 Å². The first-order valence-electron chi connectivity index (χ1n) is 10.8. The quantitative estimate of drug-likeness (QED) is 0.848. The van der Waals surface area contributed by atoms with E-state index < -0.39 is 0 Å². The Labute approximate surface area is 161 Å². The molecule has 1 aromatic heterocycles. The first-order valence-corrected chi connectivity index (χ1v) is 10.8. The fourth-order valence-electron chi connectivity index (χ4n) is 6.76. The van der Waals surface area contributed by atoms with Crippen molar-refractivity contribution < 1.29 is 9.53 Å². The molecule has 6 rings (SSSR count). The van der Waals surface area contributed by atoms with Crippen molar-refractivity contribution in [3.63, 3.8) is 0 Å². The molecule has 5 aliphatic rings. The standard InChI is InChI=1S/C22H31N3O2/c26-21(25-22-11-15-8-16(12-22)10-17(9-15)13-22)24-20(18-3-6-27-7-4-18)19-2-1-5-23-14-19/h1-2,5,14-18,20H,3-4,6-13H2,(H2,24,25,26)/t15?,16?,17?,20-,22?/m1/s1. The molecule has 5 heteroatoms. The molecule has 2 amide bonds. The summed E-state index contributed by atoms with van der Waals surface area (Å²) in [4.78, 5) is 17.4. The lowest BCUT2D eigenvalue weighted by Crippen LogP contribution is -2.61. The zero-order valence-corrected chi connectivity index (χ0v) is 16.0. The van der Waals surface area contributed by atoms with Gasteiger partial charge in [0.05, 0.1) is 6.04 Å². The average Bonchev–Trinajstić information content (AvgIpc) is 2.66. The van der Waals surface area contributed by atoms with Crippen molar-refractivity contribution in [2.75, 3.05) is 13.2 Å². The summed E-state index contributed by atoms with van der Waals surface area (Å²) in [6, 6.07) is 4.06. The van der Waals surface area contributed by atoms with Gasteiger partial charge in [0.15, 0.2) is 0 Å². The van der Waals surface area contributed by atoms with Gasteiger partial charge in [0, 0.05) is 31.1 Å². The van der Waals surface area contributed by atoms with Crippen molar-refractivity contribution in [3.05, 3.63) is 30.1 Å². The minimum Gasteiger partial charge on any atom is -0.381 e. The molecular weight excluding hydrogens is 338 g/mol. The second-order valence-electron chi connectivity index (χ2n) is 9.51. The number of carbonyl (C=O) groups is 1. The topological polar surface area (TPSA) is 63.2 Å². The van der Waals surface area contributed by atoms with E-state index in [1.807, 2.05) is 12.3 Å². The van der Waals surface area contributed by atoms with Crippen LogP contribution in [0.25, 0.3) is 0 Å². The van der Waals surface area contributed by atoms with Crippen LogP contribution in [0.4, 0.5) is 4.79 Å². The van der Waals surface area contributed by atoms with Crippen molar-refractivity contribution >= 4 is 6.03 Å². The molecule has 0 unspecified atom stereocenters. The van der Waals surface area contributed by atoms with Gasteiger partial charge < -0.3 is 15.4 Å². The number of ether oxygens (including phenoxy) is 1. The van der Waals surface area contributed by atoms with Crippen LogP contribution in [0, 0.1) is 23.7 Å². The molecule has 1 atom stereocenters. The van der Waals surface area contributed by atoms with Gasteiger partial charge in [-0.2, -0.15) is 0 Å². The van der Waals surface area contributed by atoms with Crippen LogP contribution < -0.4 is 10.6 Å². The van der Waals surface area contributed by atoms with E-state index >= 15 is 0 Å². The molecule has 146 valence electrons. The molecule has 0 aromatic carbocycles. The largest absolute Gasteiger partial charge is 0.381 e. The predicted octanol–water partition coefficient (Wildman–Crippen LogP) is 3.82. The van der Waals surface area contributed by atoms with Crippen LogP contribution in [-0.4, -0.2) is 29.8 Å². The number of pyridine rings is 1. The molecule has 27 heavy (non-hydrogen) atoms. The maximum atomic E-state index is 13.1. The number of hydrogen-bond acceptors (Lipinski definition) is 3. The highest BCUT2D eigenvalue weighted by atomic mass is 16.5. The molecule has 4 saturated carbocycles. The Bertz CT molecular complexity index is 636. The number of nitrogens with one attached hydrogen (secondary N) is 2. The Morgan fingerprint density at radius 3 is 2.37 bits per heavy atom. The Hall–Kier alpha value is -1.62. The molecular formula is C22H31N3O2. The lowest BCUT2D eigenvalue weighted by atomic mass is 9.53. The molecule has 1 saturated heterocycles. The summed E-state index contributed by atoms with van der Waals surface area (Å²) >= 11 is 0. The highest BCUT2D eigenvalue weighted by Crippen LogP contribution is 2.55. The van der Waals surface area contributed by atoms with Crippen LogP contribution in [0.1, 0.15) is 63.0 Å². The lowest BCUT2D eigenvalue weighted by Gasteiger charge is -2.56. The summed E-state index contributed by atoms with van der Waals surface area (Å²) < 4.78 is 5.54. The second kappa shape index (κ2) is 7.08. The zero-order chi connectivity index (χ0) is 18.3. The van der Waals surface area contributed by atoms with Crippen molar-refractivity contribution in [3.8, 4) is 0 Å². The zero-order valence-electron chi connectivity index (χ0n) is 16.0. The maximum Gasteiger partial charge on any atom is 0.315 e. The number of nitrogens with zero attached hydrogens (tertiary/aromatic N) is 1. The molecule has 1 aliphatic heterocycles. The highest BCUT2D eigenvalue weighted by Gasteiger charge is 2.51. The average molecular weight is 370 g/mol. The van der Waals surface area contributed by atoms with E-state index in [9.17, 15) is 4.79 Å². The molecule has 4 aliphatic carbocycles. The monoisotopic (exact) mass is 369 g/mol. The molecule has 0 radical (unpaired) electrons. The summed E-state index contributed by atoms with van der Waals surface area (Å²) in [5, 5.41) is 6.79. The summed E-state index contributed by atoms with van der Waals surface area (Å²) in [6.45, 7) is 1.55. The normalized spacial score (nSPS) is 36.4. The van der Waals surface area contributed by atoms with Crippen molar-refractivity contribution in [2.45, 2.75) is 62.9 Å². The van der Waals surface area contributed by atoms with Crippen LogP contribution in [0.3, 0.4) is 0 Å². The van der Waals surface area contributed by atoms with Crippen LogP contribution in [-0.2, 0) is 4.74 Å². The first-order chi connectivity index (χ1) is 13.2. The highest BCUT2D eigenvalue weighted by molar-refractivity contribution is 5.75. The minimum atomic E-state index is 0.0107. The Balaban J connectivity index is 1.30. The van der Waals surface area contributed by atoms with Gasteiger partial charge in [-0.05, 0) is 86.7 Å². The van der Waals surface area contributed by atoms with E-state index in [1.54, 1.807) is 6.20 Å². The summed E-state index contributed by atoms with van der Waals surface area (Å²) in [6.07, 6.45) is 13.4. The molecule has 5 fully saturated rings. The Morgan fingerprint density at radius 1 is 1.11 bits per heavy atom. The van der Waals surface area contributed by atoms with Gasteiger partial charge in [0.1, 0.15) is 0 Å². The van der Waals surface area contributed by atoms with Gasteiger partial charge >= 0.3 is 6.03 Å². The second-order valence-corrected chi connectivity index (χ2v) is 9.51. The third-order valence-corrected chi connectivity index (χ3v) is 7.48. The van der Waals surface area contributed by atoms with E-state index in [2.05, 4.69) is 21.7 Å². The third-order valence-electron chi connectivity index (χ3n) is 7.48. The number of hydrogen-bond donors (Lipinski definition) is 2. The van der Waals surface area contributed by atoms with Crippen LogP contribution >= 0.6 is 0 Å². The van der Waals surface area contributed by atoms with E-state index in [-0.39, 0.29) is 17.6 Å². The smallest absolute Gasteiger partial charge is 0.315 e. The minimum absolute atomic E-state index is 0.0107. The van der Waals surface area contributed by atoms with Gasteiger partial charge in [-0.15, -0.1) is 0 Å². The van der Waals surface area contributed by atoms with Gasteiger partial charge in [0.25, 0.3) is 0 Å². The number of rotatable bonds is 4. The van der Waals surface area contributed by atoms with E-state index in [4.69, 9.17) is 4.74 Å². The summed E-state index contributed by atoms with van der Waals surface area (Å²) in [5.41, 5.74) is 1.15. The molecule has 2 N–H and O–H groups in total. The van der Waals surface area contributed by atoms with Crippen molar-refractivity contribution in [1.29, 1.82) is 0 Å². The van der Waals surface area contributed by atoms with Gasteiger partial charge in [-0.3, -0.25) is 4.98 Å². The molecule has 5 nitrogen and oxygen atoms in total. The Morgan fingerprint density at radius 2 is 1.78 bits per heavy atom. The predicted molar refractivity (Wildman–Crippen MR) is 103 cm³/mol. The maximum absolute atomic E-state index is 13.1. The molecule has 0 spiro atoms. The number of urea groups is 1. The number of amides is 2. The molecule has 1 aromatic rings. The number of aromatic nitrogens is 1. The van der Waals surface area contributed by atoms with Crippen molar-refractivity contribution in [2.24, 2.45) is 23.7 Å². The molecule has 2 heterocycles. The van der Waals surface area contributed by atoms with Crippen LogP contribution in [0.2, 0.25) is 0 Å². The Kier molecular flexibility index (Phi) is 4.58. The fourth-order valence-corrected chi connectivity index (χ4v) is 6.76. The fraction of sp³-hybridized carbons (Fsp3) is 0.727. The summed E-state index contributed by atoms with van der Waals surface area (Å²) in [7, 11) is 0. The van der Waals surface area contributed by atoms with Gasteiger partial charge in [-0.1, -0.05) is 6.07 Å². The van der Waals surface area contributed by atoms with Gasteiger partial charge in [0.2, 0.25) is 0 Å². The molecule has 4 bridgehead atoms. The van der Waals surface area contributed by atoms with Gasteiger partial charge in [-0.25, -0.2) is 4.79 Å². The van der Waals surface area contributed by atoms with Crippen LogP contribution in [0.5, 0.6) is 0 Å². The first kappa shape index (κ1) is 17.5. The van der Waals surface area contributed by atoms with E-state index in [1.165, 1.54) is 38.5 Å². The van der Waals surface area contributed by atoms with E-state index in [0.29, 0.717) is 5.92 Å². The summed E-state index contributed by atoms with van der Waals surface area (Å²) in [5.74, 6) is 2.91. The SMILES string of the molecule is O=C(N[C@@H](c1cccnc1)C1CCOCC1)NC12CC3CC(CC(C3)C1)C2. The van der Waals surface area contributed by atoms with Crippen LogP contribution in [0.15, 0.2) is 24.5 Å².